The average molecular weight is 312 g/mol. The summed E-state index contributed by atoms with van der Waals surface area (Å²) in [7, 11) is 1.23. The van der Waals surface area contributed by atoms with Crippen LogP contribution in [0.1, 0.15) is 32.7 Å². The number of rotatable bonds is 3. The fraction of sp³-hybridized carbons (Fsp3) is 0.235. The van der Waals surface area contributed by atoms with Crippen LogP contribution in [0.2, 0.25) is 0 Å². The van der Waals surface area contributed by atoms with Crippen LogP contribution in [-0.2, 0) is 11.3 Å². The number of esters is 1. The summed E-state index contributed by atoms with van der Waals surface area (Å²) in [5, 5.41) is 3.08. The van der Waals surface area contributed by atoms with Gasteiger partial charge in [-0.1, -0.05) is 30.3 Å². The van der Waals surface area contributed by atoms with E-state index in [-0.39, 0.29) is 22.5 Å². The molecule has 0 spiro atoms. The van der Waals surface area contributed by atoms with E-state index in [1.807, 2.05) is 0 Å². The van der Waals surface area contributed by atoms with E-state index in [4.69, 9.17) is 4.74 Å². The molecule has 0 bridgehead atoms. The SMILES string of the molecule is COC(=O)c1cc(=O)n2c(c1C(=O)c1ccccc1)NCCC2. The number of methoxy groups -OCH3 is 1. The number of benzene rings is 1. The van der Waals surface area contributed by atoms with Gasteiger partial charge in [-0.15, -0.1) is 0 Å². The van der Waals surface area contributed by atoms with Gasteiger partial charge in [-0.25, -0.2) is 4.79 Å². The van der Waals surface area contributed by atoms with E-state index in [0.717, 1.165) is 6.42 Å². The Bertz CT molecular complexity index is 824. The Labute approximate surface area is 132 Å². The minimum absolute atomic E-state index is 0.00740. The monoisotopic (exact) mass is 312 g/mol. The molecular formula is C17H16N2O4. The third-order valence-corrected chi connectivity index (χ3v) is 3.83. The number of ketones is 1. The predicted octanol–water partition coefficient (Wildman–Crippen LogP) is 1.68. The third kappa shape index (κ3) is 2.63. The van der Waals surface area contributed by atoms with E-state index in [1.165, 1.54) is 17.7 Å². The number of fused-ring (bicyclic) bond motifs is 1. The summed E-state index contributed by atoms with van der Waals surface area (Å²) in [6.07, 6.45) is 0.781. The summed E-state index contributed by atoms with van der Waals surface area (Å²) in [6.45, 7) is 1.15. The zero-order valence-electron chi connectivity index (χ0n) is 12.7. The van der Waals surface area contributed by atoms with Gasteiger partial charge in [0, 0.05) is 24.7 Å². The summed E-state index contributed by atoms with van der Waals surface area (Å²) < 4.78 is 6.23. The lowest BCUT2D eigenvalue weighted by molar-refractivity contribution is 0.0597. The number of hydrogen-bond acceptors (Lipinski definition) is 5. The van der Waals surface area contributed by atoms with E-state index < -0.39 is 5.97 Å². The number of nitrogens with zero attached hydrogens (tertiary/aromatic N) is 1. The van der Waals surface area contributed by atoms with Crippen molar-refractivity contribution in [2.45, 2.75) is 13.0 Å². The molecule has 0 radical (unpaired) electrons. The number of ether oxygens (including phenoxy) is 1. The van der Waals surface area contributed by atoms with Gasteiger partial charge in [0.1, 0.15) is 5.82 Å². The first-order valence-corrected chi connectivity index (χ1v) is 7.33. The molecule has 0 atom stereocenters. The molecule has 0 saturated carbocycles. The highest BCUT2D eigenvalue weighted by Crippen LogP contribution is 2.25. The Morgan fingerprint density at radius 3 is 2.65 bits per heavy atom. The highest BCUT2D eigenvalue weighted by Gasteiger charge is 2.27. The minimum Gasteiger partial charge on any atom is -0.465 e. The fourth-order valence-corrected chi connectivity index (χ4v) is 2.73. The first-order chi connectivity index (χ1) is 11.1. The molecule has 3 rings (SSSR count). The van der Waals surface area contributed by atoms with Gasteiger partial charge >= 0.3 is 5.97 Å². The smallest absolute Gasteiger partial charge is 0.338 e. The van der Waals surface area contributed by atoms with Crippen molar-refractivity contribution in [2.75, 3.05) is 19.0 Å². The fourth-order valence-electron chi connectivity index (χ4n) is 2.73. The first-order valence-electron chi connectivity index (χ1n) is 7.33. The van der Waals surface area contributed by atoms with Crippen LogP contribution < -0.4 is 10.9 Å². The molecule has 0 fully saturated rings. The second-order valence-electron chi connectivity index (χ2n) is 5.24. The van der Waals surface area contributed by atoms with Crippen LogP contribution in [0.15, 0.2) is 41.2 Å². The normalized spacial score (nSPS) is 12.9. The molecule has 1 aromatic carbocycles. The van der Waals surface area contributed by atoms with Crippen molar-refractivity contribution in [3.63, 3.8) is 0 Å². The number of aromatic nitrogens is 1. The van der Waals surface area contributed by atoms with Crippen molar-refractivity contribution in [3.8, 4) is 0 Å². The van der Waals surface area contributed by atoms with Gasteiger partial charge in [0.15, 0.2) is 5.78 Å². The van der Waals surface area contributed by atoms with Crippen LogP contribution in [0, 0.1) is 0 Å². The number of carbonyl (C=O) groups excluding carboxylic acids is 2. The number of hydrogen-bond donors (Lipinski definition) is 1. The molecule has 0 unspecified atom stereocenters. The van der Waals surface area contributed by atoms with E-state index in [0.29, 0.717) is 24.5 Å². The quantitative estimate of drug-likeness (QED) is 0.689. The van der Waals surface area contributed by atoms with Crippen molar-refractivity contribution in [3.05, 3.63) is 63.4 Å². The Balaban J connectivity index is 2.26. The van der Waals surface area contributed by atoms with Gasteiger partial charge in [0.25, 0.3) is 5.56 Å². The first kappa shape index (κ1) is 15.0. The highest BCUT2D eigenvalue weighted by molar-refractivity contribution is 6.17. The van der Waals surface area contributed by atoms with Crippen molar-refractivity contribution in [1.82, 2.24) is 4.57 Å². The minimum atomic E-state index is -0.697. The second kappa shape index (κ2) is 6.08. The molecule has 2 heterocycles. The van der Waals surface area contributed by atoms with E-state index in [9.17, 15) is 14.4 Å². The van der Waals surface area contributed by atoms with Gasteiger partial charge in [0.05, 0.1) is 18.2 Å². The molecule has 6 nitrogen and oxygen atoms in total. The number of nitrogens with one attached hydrogen (secondary N) is 1. The largest absolute Gasteiger partial charge is 0.465 e. The standard InChI is InChI=1S/C17H16N2O4/c1-23-17(22)12-10-13(20)19-9-5-8-18-16(19)14(12)15(21)11-6-3-2-4-7-11/h2-4,6-7,10,18H,5,8-9H2,1H3. The summed E-state index contributed by atoms with van der Waals surface area (Å²) in [6, 6.07) is 9.84. The molecule has 0 amide bonds. The summed E-state index contributed by atoms with van der Waals surface area (Å²) >= 11 is 0. The Morgan fingerprint density at radius 2 is 1.96 bits per heavy atom. The maximum atomic E-state index is 12.9. The molecule has 0 saturated heterocycles. The molecule has 1 N–H and O–H groups in total. The van der Waals surface area contributed by atoms with Crippen LogP contribution >= 0.6 is 0 Å². The van der Waals surface area contributed by atoms with Gasteiger partial charge < -0.3 is 10.1 Å². The zero-order valence-corrected chi connectivity index (χ0v) is 12.7. The number of carbonyl (C=O) groups is 2. The summed E-state index contributed by atoms with van der Waals surface area (Å²) in [5.41, 5.74) is 0.304. The molecule has 1 aliphatic rings. The molecule has 1 aromatic heterocycles. The van der Waals surface area contributed by atoms with Crippen LogP contribution in [0.5, 0.6) is 0 Å². The average Bonchev–Trinajstić information content (AvgIpc) is 2.61. The molecular weight excluding hydrogens is 296 g/mol. The van der Waals surface area contributed by atoms with E-state index >= 15 is 0 Å². The van der Waals surface area contributed by atoms with Gasteiger partial charge in [-0.3, -0.25) is 14.2 Å². The van der Waals surface area contributed by atoms with Crippen LogP contribution in [0.25, 0.3) is 0 Å². The van der Waals surface area contributed by atoms with Crippen molar-refractivity contribution in [2.24, 2.45) is 0 Å². The van der Waals surface area contributed by atoms with Crippen LogP contribution in [0.4, 0.5) is 5.82 Å². The Morgan fingerprint density at radius 1 is 1.22 bits per heavy atom. The van der Waals surface area contributed by atoms with Crippen molar-refractivity contribution in [1.29, 1.82) is 0 Å². The van der Waals surface area contributed by atoms with E-state index in [1.54, 1.807) is 30.3 Å². The van der Waals surface area contributed by atoms with Gasteiger partial charge in [0.2, 0.25) is 0 Å². The second-order valence-corrected chi connectivity index (χ2v) is 5.24. The third-order valence-electron chi connectivity index (χ3n) is 3.83. The molecule has 2 aromatic rings. The van der Waals surface area contributed by atoms with Crippen LogP contribution in [-0.4, -0.2) is 30.0 Å². The number of anilines is 1. The molecule has 0 aliphatic carbocycles. The molecule has 6 heteroatoms. The van der Waals surface area contributed by atoms with Gasteiger partial charge in [-0.2, -0.15) is 0 Å². The van der Waals surface area contributed by atoms with Crippen LogP contribution in [0.3, 0.4) is 0 Å². The summed E-state index contributed by atoms with van der Waals surface area (Å²) in [4.78, 5) is 37.2. The topological polar surface area (TPSA) is 77.4 Å². The maximum Gasteiger partial charge on any atom is 0.338 e. The lowest BCUT2D eigenvalue weighted by Crippen LogP contribution is -2.33. The van der Waals surface area contributed by atoms with Crippen molar-refractivity contribution >= 4 is 17.6 Å². The highest BCUT2D eigenvalue weighted by atomic mass is 16.5. The molecule has 1 aliphatic heterocycles. The van der Waals surface area contributed by atoms with E-state index in [2.05, 4.69) is 5.32 Å². The van der Waals surface area contributed by atoms with Crippen molar-refractivity contribution < 1.29 is 14.3 Å². The summed E-state index contributed by atoms with van der Waals surface area (Å²) in [5.74, 6) is -0.626. The lowest BCUT2D eigenvalue weighted by Gasteiger charge is -2.23. The van der Waals surface area contributed by atoms with Gasteiger partial charge in [-0.05, 0) is 6.42 Å². The molecule has 118 valence electrons. The maximum absolute atomic E-state index is 12.9. The lowest BCUT2D eigenvalue weighted by atomic mass is 9.98. The predicted molar refractivity (Wildman–Crippen MR) is 85.0 cm³/mol. The molecule has 23 heavy (non-hydrogen) atoms. The number of pyridine rings is 1. The zero-order chi connectivity index (χ0) is 16.4. The Kier molecular flexibility index (Phi) is 3.97. The Hall–Kier alpha value is -2.89.